The van der Waals surface area contributed by atoms with E-state index in [9.17, 15) is 13.2 Å². The molecule has 2 aliphatic rings. The van der Waals surface area contributed by atoms with Gasteiger partial charge in [0.25, 0.3) is 0 Å². The van der Waals surface area contributed by atoms with Crippen LogP contribution < -0.4 is 5.32 Å². The summed E-state index contributed by atoms with van der Waals surface area (Å²) in [4.78, 5) is 0.318. The van der Waals surface area contributed by atoms with Crippen LogP contribution >= 0.6 is 11.3 Å². The van der Waals surface area contributed by atoms with Crippen LogP contribution in [0.4, 0.5) is 13.2 Å². The molecule has 0 aromatic carbocycles. The molecule has 3 rings (SSSR count). The van der Waals surface area contributed by atoms with Gasteiger partial charge in [-0.25, -0.2) is 0 Å². The summed E-state index contributed by atoms with van der Waals surface area (Å²) in [6, 6.07) is 1.31. The number of ether oxygens (including phenoxy) is 1. The van der Waals surface area contributed by atoms with Crippen LogP contribution in [0.15, 0.2) is 6.07 Å². The zero-order chi connectivity index (χ0) is 14.8. The molecular formula is C14H20F3NOS. The predicted octanol–water partition coefficient (Wildman–Crippen LogP) is 3.94. The fourth-order valence-electron chi connectivity index (χ4n) is 2.76. The van der Waals surface area contributed by atoms with E-state index in [0.29, 0.717) is 13.0 Å². The van der Waals surface area contributed by atoms with Crippen molar-refractivity contribution >= 4 is 11.3 Å². The van der Waals surface area contributed by atoms with Crippen LogP contribution in [0.2, 0.25) is 0 Å². The summed E-state index contributed by atoms with van der Waals surface area (Å²) < 4.78 is 44.2. The van der Waals surface area contributed by atoms with Gasteiger partial charge >= 0.3 is 6.18 Å². The molecule has 0 radical (unpaired) electrons. The van der Waals surface area contributed by atoms with Crippen LogP contribution in [0.1, 0.15) is 42.0 Å². The first kappa shape index (κ1) is 15.8. The van der Waals surface area contributed by atoms with E-state index >= 15 is 0 Å². The van der Waals surface area contributed by atoms with Crippen LogP contribution in [0, 0.1) is 0 Å². The average molecular weight is 307 g/mol. The molecular weight excluding hydrogens is 287 g/mol. The Kier molecular flexibility index (Phi) is 4.76. The van der Waals surface area contributed by atoms with Crippen molar-refractivity contribution in [2.45, 2.75) is 44.9 Å². The minimum Gasteiger partial charge on any atom is -0.369 e. The highest BCUT2D eigenvalue weighted by molar-refractivity contribution is 7.12. The van der Waals surface area contributed by atoms with Crippen molar-refractivity contribution in [3.8, 4) is 0 Å². The van der Waals surface area contributed by atoms with E-state index in [2.05, 4.69) is 5.32 Å². The van der Waals surface area contributed by atoms with Crippen molar-refractivity contribution in [3.05, 3.63) is 21.4 Å². The van der Waals surface area contributed by atoms with Gasteiger partial charge in [-0.2, -0.15) is 13.2 Å². The van der Waals surface area contributed by atoms with Crippen LogP contribution in [-0.4, -0.2) is 19.7 Å². The summed E-state index contributed by atoms with van der Waals surface area (Å²) in [6.07, 6.45) is -2.12. The highest BCUT2D eigenvalue weighted by atomic mass is 32.1. The smallest absolute Gasteiger partial charge is 0.369 e. The molecule has 0 bridgehead atoms. The number of thiophene rings is 1. The molecule has 20 heavy (non-hydrogen) atoms. The zero-order valence-electron chi connectivity index (χ0n) is 11.8. The molecule has 0 saturated carbocycles. The average Bonchev–Trinajstić information content (AvgIpc) is 2.88. The number of halogens is 3. The van der Waals surface area contributed by atoms with E-state index in [4.69, 9.17) is 4.74 Å². The lowest BCUT2D eigenvalue weighted by Crippen LogP contribution is -2.43. The Morgan fingerprint density at radius 3 is 2.50 bits per heavy atom. The van der Waals surface area contributed by atoms with Gasteiger partial charge in [-0.15, -0.1) is 11.3 Å². The van der Waals surface area contributed by atoms with Crippen LogP contribution in [0.5, 0.6) is 0 Å². The molecule has 1 fully saturated rings. The van der Waals surface area contributed by atoms with Crippen LogP contribution in [0.3, 0.4) is 0 Å². The lowest BCUT2D eigenvalue weighted by Gasteiger charge is -2.40. The van der Waals surface area contributed by atoms with Crippen molar-refractivity contribution in [2.75, 3.05) is 19.7 Å². The fourth-order valence-corrected chi connectivity index (χ4v) is 4.04. The molecule has 1 saturated heterocycles. The SMILES string of the molecule is CC.FC(F)(F)c1cc2c(s1)C1(CCNCC1)OCC2. The topological polar surface area (TPSA) is 21.3 Å². The highest BCUT2D eigenvalue weighted by Crippen LogP contribution is 2.47. The normalized spacial score (nSPS) is 21.1. The molecule has 0 amide bonds. The summed E-state index contributed by atoms with van der Waals surface area (Å²) in [5.74, 6) is 0. The molecule has 0 atom stereocenters. The van der Waals surface area contributed by atoms with Crippen LogP contribution in [0.25, 0.3) is 0 Å². The highest BCUT2D eigenvalue weighted by Gasteiger charge is 2.43. The van der Waals surface area contributed by atoms with E-state index in [1.807, 2.05) is 13.8 Å². The summed E-state index contributed by atoms with van der Waals surface area (Å²) >= 11 is 0.870. The Morgan fingerprint density at radius 1 is 1.25 bits per heavy atom. The standard InChI is InChI=1S/C12H14F3NOS.C2H6/c13-12(14,15)9-7-8-1-6-17-11(10(8)18-9)2-4-16-5-3-11;1-2/h7,16H,1-6H2;1-2H3. The first-order valence-electron chi connectivity index (χ1n) is 7.06. The van der Waals surface area contributed by atoms with Crippen LogP contribution in [-0.2, 0) is 22.9 Å². The minimum atomic E-state index is -4.24. The second-order valence-electron chi connectivity index (χ2n) is 4.81. The van der Waals surface area contributed by atoms with Crippen molar-refractivity contribution in [3.63, 3.8) is 0 Å². The van der Waals surface area contributed by atoms with E-state index in [-0.39, 0.29) is 0 Å². The number of alkyl halides is 3. The Labute approximate surface area is 121 Å². The number of piperidine rings is 1. The lowest BCUT2D eigenvalue weighted by atomic mass is 9.86. The number of rotatable bonds is 0. The molecule has 2 nitrogen and oxygen atoms in total. The van der Waals surface area contributed by atoms with E-state index < -0.39 is 16.7 Å². The third-order valence-electron chi connectivity index (χ3n) is 3.66. The van der Waals surface area contributed by atoms with E-state index in [0.717, 1.165) is 47.7 Å². The summed E-state index contributed by atoms with van der Waals surface area (Å²) in [5, 5.41) is 3.23. The molecule has 1 aromatic heterocycles. The molecule has 1 N–H and O–H groups in total. The molecule has 114 valence electrons. The fraction of sp³-hybridized carbons (Fsp3) is 0.714. The first-order valence-corrected chi connectivity index (χ1v) is 7.88. The summed E-state index contributed by atoms with van der Waals surface area (Å²) in [6.45, 7) is 6.14. The molecule has 3 heterocycles. The Bertz CT molecular complexity index is 450. The largest absolute Gasteiger partial charge is 0.425 e. The number of hydrogen-bond acceptors (Lipinski definition) is 3. The van der Waals surface area contributed by atoms with Gasteiger partial charge in [0.1, 0.15) is 10.5 Å². The van der Waals surface area contributed by atoms with Gasteiger partial charge in [0.2, 0.25) is 0 Å². The molecule has 1 spiro atoms. The van der Waals surface area contributed by atoms with Crippen molar-refractivity contribution in [1.29, 1.82) is 0 Å². The minimum absolute atomic E-state index is 0.465. The van der Waals surface area contributed by atoms with Gasteiger partial charge in [0, 0.05) is 4.88 Å². The van der Waals surface area contributed by atoms with Crippen molar-refractivity contribution < 1.29 is 17.9 Å². The second-order valence-corrected chi connectivity index (χ2v) is 5.86. The lowest BCUT2D eigenvalue weighted by molar-refractivity contribution is -0.134. The monoisotopic (exact) mass is 307 g/mol. The molecule has 1 aromatic rings. The predicted molar refractivity (Wildman–Crippen MR) is 74.1 cm³/mol. The molecule has 0 unspecified atom stereocenters. The van der Waals surface area contributed by atoms with Crippen molar-refractivity contribution in [2.24, 2.45) is 0 Å². The van der Waals surface area contributed by atoms with Gasteiger partial charge in [-0.05, 0) is 44.0 Å². The van der Waals surface area contributed by atoms with Gasteiger partial charge in [0.15, 0.2) is 0 Å². The third-order valence-corrected chi connectivity index (χ3v) is 5.07. The third kappa shape index (κ3) is 2.87. The van der Waals surface area contributed by atoms with E-state index in [1.54, 1.807) is 0 Å². The van der Waals surface area contributed by atoms with Gasteiger partial charge < -0.3 is 10.1 Å². The summed E-state index contributed by atoms with van der Waals surface area (Å²) in [5.41, 5.74) is 0.368. The number of hydrogen-bond donors (Lipinski definition) is 1. The first-order chi connectivity index (χ1) is 9.51. The molecule has 2 aliphatic heterocycles. The Hall–Kier alpha value is -0.590. The Balaban J connectivity index is 0.000000704. The quantitative estimate of drug-likeness (QED) is 0.784. The maximum Gasteiger partial charge on any atom is 0.425 e. The maximum atomic E-state index is 12.8. The summed E-state index contributed by atoms with van der Waals surface area (Å²) in [7, 11) is 0. The maximum absolute atomic E-state index is 12.8. The number of nitrogens with one attached hydrogen (secondary N) is 1. The van der Waals surface area contributed by atoms with Gasteiger partial charge in [0.05, 0.1) is 6.61 Å². The Morgan fingerprint density at radius 2 is 1.90 bits per heavy atom. The number of fused-ring (bicyclic) bond motifs is 2. The zero-order valence-corrected chi connectivity index (χ0v) is 12.6. The van der Waals surface area contributed by atoms with Gasteiger partial charge in [-0.1, -0.05) is 13.8 Å². The van der Waals surface area contributed by atoms with Crippen molar-refractivity contribution in [1.82, 2.24) is 5.32 Å². The van der Waals surface area contributed by atoms with Gasteiger partial charge in [-0.3, -0.25) is 0 Å². The second kappa shape index (κ2) is 6.03. The molecule has 6 heteroatoms. The molecule has 0 aliphatic carbocycles. The van der Waals surface area contributed by atoms with E-state index in [1.165, 1.54) is 6.07 Å².